The maximum atomic E-state index is 5.98. The van der Waals surface area contributed by atoms with E-state index in [9.17, 15) is 0 Å². The predicted molar refractivity (Wildman–Crippen MR) is 103 cm³/mol. The van der Waals surface area contributed by atoms with Crippen molar-refractivity contribution in [1.82, 2.24) is 19.8 Å². The summed E-state index contributed by atoms with van der Waals surface area (Å²) in [5.41, 5.74) is 7.04. The highest BCUT2D eigenvalue weighted by atomic mass is 35.5. The number of nitrogens with zero attached hydrogens (tertiary/aromatic N) is 5. The van der Waals surface area contributed by atoms with Gasteiger partial charge in [0.05, 0.1) is 0 Å². The van der Waals surface area contributed by atoms with E-state index >= 15 is 0 Å². The predicted octanol–water partition coefficient (Wildman–Crippen LogP) is 1.97. The van der Waals surface area contributed by atoms with Crippen LogP contribution in [0.4, 0.5) is 11.8 Å². The summed E-state index contributed by atoms with van der Waals surface area (Å²) >= 11 is 5.98. The van der Waals surface area contributed by atoms with E-state index < -0.39 is 0 Å². The van der Waals surface area contributed by atoms with Gasteiger partial charge in [-0.15, -0.1) is 0 Å². The zero-order chi connectivity index (χ0) is 17.6. The Morgan fingerprint density at radius 2 is 1.84 bits per heavy atom. The Hall–Kier alpha value is -1.89. The molecule has 0 saturated carbocycles. The summed E-state index contributed by atoms with van der Waals surface area (Å²) in [4.78, 5) is 15.3. The Balaban J connectivity index is 1.43. The highest BCUT2D eigenvalue weighted by Crippen LogP contribution is 2.18. The number of likely N-dealkylation sites (N-methyl/N-ethyl adjacent to an activating group) is 1. The molecule has 1 aromatic carbocycles. The number of piperazine rings is 1. The van der Waals surface area contributed by atoms with Crippen LogP contribution >= 0.6 is 11.6 Å². The summed E-state index contributed by atoms with van der Waals surface area (Å²) in [6.45, 7) is 7.00. The highest BCUT2D eigenvalue weighted by Gasteiger charge is 2.19. The first-order valence-electron chi connectivity index (χ1n) is 8.60. The summed E-state index contributed by atoms with van der Waals surface area (Å²) in [6, 6.07) is 12.4. The van der Waals surface area contributed by atoms with Gasteiger partial charge in [-0.25, -0.2) is 4.98 Å². The summed E-state index contributed by atoms with van der Waals surface area (Å²) in [6.07, 6.45) is 0. The van der Waals surface area contributed by atoms with Crippen LogP contribution in [0.5, 0.6) is 0 Å². The molecule has 0 atom stereocenters. The third-order valence-electron chi connectivity index (χ3n) is 4.49. The second-order valence-corrected chi connectivity index (χ2v) is 6.85. The molecular weight excluding hydrogens is 336 g/mol. The van der Waals surface area contributed by atoms with Gasteiger partial charge in [-0.2, -0.15) is 4.98 Å². The van der Waals surface area contributed by atoms with Crippen molar-refractivity contribution >= 4 is 23.4 Å². The molecule has 6 nitrogen and oxygen atoms in total. The molecule has 2 aromatic rings. The largest absolute Gasteiger partial charge is 0.368 e. The number of hydrogen-bond donors (Lipinski definition) is 1. The summed E-state index contributed by atoms with van der Waals surface area (Å²) in [5, 5.41) is 0.396. The maximum absolute atomic E-state index is 5.98. The zero-order valence-corrected chi connectivity index (χ0v) is 15.4. The van der Waals surface area contributed by atoms with Crippen molar-refractivity contribution in [3.05, 3.63) is 47.1 Å². The molecule has 0 radical (unpaired) electrons. The average molecular weight is 361 g/mol. The molecule has 25 heavy (non-hydrogen) atoms. The van der Waals surface area contributed by atoms with Crippen molar-refractivity contribution in [2.75, 3.05) is 56.9 Å². The number of nitrogen functional groups attached to an aromatic ring is 1. The second kappa shape index (κ2) is 8.47. The molecule has 134 valence electrons. The van der Waals surface area contributed by atoms with E-state index in [1.54, 1.807) is 6.07 Å². The maximum Gasteiger partial charge on any atom is 0.223 e. The van der Waals surface area contributed by atoms with E-state index in [2.05, 4.69) is 62.0 Å². The normalized spacial score (nSPS) is 15.7. The van der Waals surface area contributed by atoms with Gasteiger partial charge in [0.25, 0.3) is 0 Å². The van der Waals surface area contributed by atoms with Crippen molar-refractivity contribution in [1.29, 1.82) is 0 Å². The van der Waals surface area contributed by atoms with E-state index in [-0.39, 0.29) is 5.95 Å². The van der Waals surface area contributed by atoms with Crippen LogP contribution in [0.25, 0.3) is 0 Å². The number of nitrogens with two attached hydrogens (primary N) is 1. The van der Waals surface area contributed by atoms with Gasteiger partial charge in [0, 0.05) is 51.9 Å². The van der Waals surface area contributed by atoms with E-state index in [1.807, 2.05) is 0 Å². The minimum atomic E-state index is 0.229. The van der Waals surface area contributed by atoms with Crippen LogP contribution in [0.3, 0.4) is 0 Å². The number of halogens is 1. The van der Waals surface area contributed by atoms with Crippen LogP contribution < -0.4 is 10.6 Å². The molecule has 0 spiro atoms. The lowest BCUT2D eigenvalue weighted by molar-refractivity contribution is 0.212. The van der Waals surface area contributed by atoms with Crippen LogP contribution in [0.15, 0.2) is 36.4 Å². The van der Waals surface area contributed by atoms with E-state index in [4.69, 9.17) is 17.3 Å². The minimum Gasteiger partial charge on any atom is -0.368 e. The zero-order valence-electron chi connectivity index (χ0n) is 14.6. The molecule has 1 aromatic heterocycles. The van der Waals surface area contributed by atoms with E-state index in [0.717, 1.165) is 51.6 Å². The van der Waals surface area contributed by atoms with Crippen molar-refractivity contribution in [3.63, 3.8) is 0 Å². The minimum absolute atomic E-state index is 0.229. The van der Waals surface area contributed by atoms with Gasteiger partial charge in [0.1, 0.15) is 11.0 Å². The van der Waals surface area contributed by atoms with Gasteiger partial charge < -0.3 is 15.5 Å². The number of aromatic nitrogens is 2. The molecule has 0 bridgehead atoms. The fourth-order valence-electron chi connectivity index (χ4n) is 3.07. The van der Waals surface area contributed by atoms with Gasteiger partial charge in [-0.1, -0.05) is 41.9 Å². The van der Waals surface area contributed by atoms with Gasteiger partial charge in [-0.3, -0.25) is 4.90 Å². The van der Waals surface area contributed by atoms with Crippen molar-refractivity contribution in [2.24, 2.45) is 0 Å². The highest BCUT2D eigenvalue weighted by molar-refractivity contribution is 6.29. The van der Waals surface area contributed by atoms with Crippen LogP contribution in [-0.4, -0.2) is 66.1 Å². The van der Waals surface area contributed by atoms with Crippen molar-refractivity contribution < 1.29 is 0 Å². The SMILES string of the molecule is CN(CCN1CCN(c2cc(Cl)nc(N)n2)CC1)Cc1ccccc1. The first-order chi connectivity index (χ1) is 12.1. The smallest absolute Gasteiger partial charge is 0.223 e. The average Bonchev–Trinajstić information content (AvgIpc) is 2.60. The lowest BCUT2D eigenvalue weighted by atomic mass is 10.2. The van der Waals surface area contributed by atoms with Crippen LogP contribution in [-0.2, 0) is 6.54 Å². The van der Waals surface area contributed by atoms with E-state index in [0.29, 0.717) is 5.15 Å². The van der Waals surface area contributed by atoms with Crippen LogP contribution in [0.2, 0.25) is 5.15 Å². The molecule has 2 heterocycles. The third-order valence-corrected chi connectivity index (χ3v) is 4.68. The Bertz CT molecular complexity index is 652. The molecule has 0 amide bonds. The third kappa shape index (κ3) is 5.29. The van der Waals surface area contributed by atoms with Crippen molar-refractivity contribution in [2.45, 2.75) is 6.54 Å². The Labute approximate surface area is 154 Å². The Morgan fingerprint density at radius 1 is 1.12 bits per heavy atom. The lowest BCUT2D eigenvalue weighted by Gasteiger charge is -2.36. The summed E-state index contributed by atoms with van der Waals surface area (Å²) in [5.74, 6) is 1.05. The molecule has 0 aliphatic carbocycles. The molecule has 0 unspecified atom stereocenters. The molecule has 7 heteroatoms. The number of benzene rings is 1. The van der Waals surface area contributed by atoms with Gasteiger partial charge in [0.2, 0.25) is 5.95 Å². The lowest BCUT2D eigenvalue weighted by Crippen LogP contribution is -2.48. The number of rotatable bonds is 6. The summed E-state index contributed by atoms with van der Waals surface area (Å²) < 4.78 is 0. The Morgan fingerprint density at radius 3 is 2.52 bits per heavy atom. The van der Waals surface area contributed by atoms with Crippen molar-refractivity contribution in [3.8, 4) is 0 Å². The van der Waals surface area contributed by atoms with Gasteiger partial charge >= 0.3 is 0 Å². The fourth-order valence-corrected chi connectivity index (χ4v) is 3.26. The molecule has 3 rings (SSSR count). The molecule has 1 saturated heterocycles. The number of hydrogen-bond acceptors (Lipinski definition) is 6. The van der Waals surface area contributed by atoms with E-state index in [1.165, 1.54) is 5.56 Å². The summed E-state index contributed by atoms with van der Waals surface area (Å²) in [7, 11) is 2.18. The first kappa shape index (κ1) is 17.9. The first-order valence-corrected chi connectivity index (χ1v) is 8.98. The molecule has 1 aliphatic rings. The molecular formula is C18H25ClN6. The quantitative estimate of drug-likeness (QED) is 0.795. The standard InChI is InChI=1S/C18H25ClN6/c1-23(14-15-5-3-2-4-6-15)7-8-24-9-11-25(12-10-24)17-13-16(19)21-18(20)22-17/h2-6,13H,7-12,14H2,1H3,(H2,20,21,22). The second-order valence-electron chi connectivity index (χ2n) is 6.46. The number of anilines is 2. The molecule has 1 aliphatic heterocycles. The molecule has 1 fully saturated rings. The van der Waals surface area contributed by atoms with Crippen LogP contribution in [0.1, 0.15) is 5.56 Å². The van der Waals surface area contributed by atoms with Gasteiger partial charge in [-0.05, 0) is 12.6 Å². The topological polar surface area (TPSA) is 61.5 Å². The molecule has 2 N–H and O–H groups in total. The monoisotopic (exact) mass is 360 g/mol. The van der Waals surface area contributed by atoms with Gasteiger partial charge in [0.15, 0.2) is 0 Å². The van der Waals surface area contributed by atoms with Crippen LogP contribution in [0, 0.1) is 0 Å². The Kier molecular flexibility index (Phi) is 6.07. The fraction of sp³-hybridized carbons (Fsp3) is 0.444.